The standard InChI is InChI=1S/C9H19N3OS/c1-4-7(9(10)14)12(3)6-8(13)11-5-2/h7H,4-6H2,1-3H3,(H2,10,14)(H,11,13). The summed E-state index contributed by atoms with van der Waals surface area (Å²) in [5.41, 5.74) is 5.56. The molecule has 0 radical (unpaired) electrons. The molecule has 5 heteroatoms. The molecule has 0 aliphatic carbocycles. The highest BCUT2D eigenvalue weighted by Crippen LogP contribution is 2.01. The molecule has 0 aromatic heterocycles. The minimum Gasteiger partial charge on any atom is -0.392 e. The van der Waals surface area contributed by atoms with Crippen LogP contribution in [0.2, 0.25) is 0 Å². The number of hydrogen-bond donors (Lipinski definition) is 2. The van der Waals surface area contributed by atoms with Crippen molar-refractivity contribution in [1.29, 1.82) is 0 Å². The summed E-state index contributed by atoms with van der Waals surface area (Å²) in [6.45, 7) is 4.88. The molecule has 0 fully saturated rings. The minimum absolute atomic E-state index is 0.00435. The Morgan fingerprint density at radius 2 is 2.14 bits per heavy atom. The molecule has 82 valence electrons. The molecule has 0 saturated heterocycles. The molecule has 1 amide bonds. The summed E-state index contributed by atoms with van der Waals surface area (Å²) in [7, 11) is 1.85. The molecule has 0 spiro atoms. The lowest BCUT2D eigenvalue weighted by Crippen LogP contribution is -2.45. The second-order valence-electron chi connectivity index (χ2n) is 3.20. The van der Waals surface area contributed by atoms with Gasteiger partial charge in [-0.05, 0) is 20.4 Å². The van der Waals surface area contributed by atoms with Crippen molar-refractivity contribution in [3.63, 3.8) is 0 Å². The van der Waals surface area contributed by atoms with Crippen LogP contribution in [0.5, 0.6) is 0 Å². The van der Waals surface area contributed by atoms with E-state index in [1.165, 1.54) is 0 Å². The maximum absolute atomic E-state index is 11.3. The van der Waals surface area contributed by atoms with Crippen LogP contribution in [0.15, 0.2) is 0 Å². The summed E-state index contributed by atoms with van der Waals surface area (Å²) in [5.74, 6) is 0.00435. The van der Waals surface area contributed by atoms with E-state index in [2.05, 4.69) is 5.32 Å². The van der Waals surface area contributed by atoms with Crippen molar-refractivity contribution in [2.45, 2.75) is 26.3 Å². The highest BCUT2D eigenvalue weighted by molar-refractivity contribution is 7.80. The number of nitrogens with one attached hydrogen (secondary N) is 1. The summed E-state index contributed by atoms with van der Waals surface area (Å²) >= 11 is 4.91. The Hall–Kier alpha value is -0.680. The zero-order chi connectivity index (χ0) is 11.1. The number of hydrogen-bond acceptors (Lipinski definition) is 3. The first-order valence-corrected chi connectivity index (χ1v) is 5.20. The third-order valence-electron chi connectivity index (χ3n) is 2.01. The van der Waals surface area contributed by atoms with Gasteiger partial charge in [-0.1, -0.05) is 19.1 Å². The average molecular weight is 217 g/mol. The van der Waals surface area contributed by atoms with Gasteiger partial charge in [0.1, 0.15) is 0 Å². The normalized spacial score (nSPS) is 12.6. The van der Waals surface area contributed by atoms with Gasteiger partial charge in [-0.3, -0.25) is 9.69 Å². The molecular weight excluding hydrogens is 198 g/mol. The van der Waals surface area contributed by atoms with E-state index in [0.717, 1.165) is 6.42 Å². The van der Waals surface area contributed by atoms with Gasteiger partial charge in [0.25, 0.3) is 0 Å². The third-order valence-corrected chi connectivity index (χ3v) is 2.29. The summed E-state index contributed by atoms with van der Waals surface area (Å²) in [4.78, 5) is 13.6. The van der Waals surface area contributed by atoms with Crippen molar-refractivity contribution in [3.05, 3.63) is 0 Å². The summed E-state index contributed by atoms with van der Waals surface area (Å²) in [6, 6.07) is 0.00704. The Labute approximate surface area is 90.8 Å². The van der Waals surface area contributed by atoms with Gasteiger partial charge in [-0.15, -0.1) is 0 Å². The maximum atomic E-state index is 11.3. The fourth-order valence-electron chi connectivity index (χ4n) is 1.32. The molecule has 0 aliphatic rings. The van der Waals surface area contributed by atoms with E-state index in [4.69, 9.17) is 18.0 Å². The first-order chi connectivity index (χ1) is 6.52. The number of amides is 1. The van der Waals surface area contributed by atoms with Gasteiger partial charge >= 0.3 is 0 Å². The molecule has 0 saturated carbocycles. The van der Waals surface area contributed by atoms with Gasteiger partial charge in [0.2, 0.25) is 5.91 Å². The van der Waals surface area contributed by atoms with Crippen LogP contribution in [0.3, 0.4) is 0 Å². The van der Waals surface area contributed by atoms with Crippen LogP contribution in [-0.4, -0.2) is 42.0 Å². The van der Waals surface area contributed by atoms with Crippen LogP contribution in [0.25, 0.3) is 0 Å². The molecule has 0 bridgehead atoms. The van der Waals surface area contributed by atoms with E-state index in [-0.39, 0.29) is 11.9 Å². The molecule has 14 heavy (non-hydrogen) atoms. The summed E-state index contributed by atoms with van der Waals surface area (Å²) < 4.78 is 0. The van der Waals surface area contributed by atoms with Gasteiger partial charge in [-0.2, -0.15) is 0 Å². The number of carbonyl (C=O) groups excluding carboxylic acids is 1. The number of likely N-dealkylation sites (N-methyl/N-ethyl adjacent to an activating group) is 2. The van der Waals surface area contributed by atoms with Crippen molar-refractivity contribution in [1.82, 2.24) is 10.2 Å². The van der Waals surface area contributed by atoms with Gasteiger partial charge in [0, 0.05) is 6.54 Å². The van der Waals surface area contributed by atoms with E-state index < -0.39 is 0 Å². The molecule has 0 aliphatic heterocycles. The first-order valence-electron chi connectivity index (χ1n) is 4.79. The second kappa shape index (κ2) is 6.73. The van der Waals surface area contributed by atoms with E-state index >= 15 is 0 Å². The zero-order valence-electron chi connectivity index (χ0n) is 9.04. The quantitative estimate of drug-likeness (QED) is 0.620. The number of nitrogens with two attached hydrogens (primary N) is 1. The van der Waals surface area contributed by atoms with Crippen LogP contribution < -0.4 is 11.1 Å². The Morgan fingerprint density at radius 3 is 2.50 bits per heavy atom. The summed E-state index contributed by atoms with van der Waals surface area (Å²) in [5, 5.41) is 2.73. The van der Waals surface area contributed by atoms with Gasteiger partial charge in [0.15, 0.2) is 0 Å². The first kappa shape index (κ1) is 13.3. The van der Waals surface area contributed by atoms with Gasteiger partial charge in [-0.25, -0.2) is 0 Å². The van der Waals surface area contributed by atoms with Crippen molar-refractivity contribution >= 4 is 23.1 Å². The average Bonchev–Trinajstić information content (AvgIpc) is 2.04. The lowest BCUT2D eigenvalue weighted by atomic mass is 10.2. The Balaban J connectivity index is 4.10. The van der Waals surface area contributed by atoms with Crippen molar-refractivity contribution in [2.24, 2.45) is 5.73 Å². The van der Waals surface area contributed by atoms with E-state index in [1.54, 1.807) is 0 Å². The SMILES string of the molecule is CCNC(=O)CN(C)C(CC)C(N)=S. The van der Waals surface area contributed by atoms with E-state index in [9.17, 15) is 4.79 Å². The largest absolute Gasteiger partial charge is 0.392 e. The molecule has 1 atom stereocenters. The van der Waals surface area contributed by atoms with Crippen LogP contribution in [0.1, 0.15) is 20.3 Å². The highest BCUT2D eigenvalue weighted by atomic mass is 32.1. The lowest BCUT2D eigenvalue weighted by Gasteiger charge is -2.25. The third kappa shape index (κ3) is 4.53. The second-order valence-corrected chi connectivity index (χ2v) is 3.67. The molecular formula is C9H19N3OS. The molecule has 0 heterocycles. The number of thiocarbonyl (C=S) groups is 1. The molecule has 4 nitrogen and oxygen atoms in total. The van der Waals surface area contributed by atoms with E-state index in [1.807, 2.05) is 25.8 Å². The topological polar surface area (TPSA) is 58.4 Å². The Kier molecular flexibility index (Phi) is 6.40. The van der Waals surface area contributed by atoms with Crippen molar-refractivity contribution < 1.29 is 4.79 Å². The molecule has 0 aromatic rings. The predicted molar refractivity (Wildman–Crippen MR) is 62.2 cm³/mol. The van der Waals surface area contributed by atoms with Gasteiger partial charge in [0.05, 0.1) is 17.6 Å². The van der Waals surface area contributed by atoms with Crippen LogP contribution in [0, 0.1) is 0 Å². The molecule has 0 rings (SSSR count). The number of rotatable bonds is 6. The minimum atomic E-state index is 0.00435. The molecule has 1 unspecified atom stereocenters. The van der Waals surface area contributed by atoms with Crippen molar-refractivity contribution in [3.8, 4) is 0 Å². The van der Waals surface area contributed by atoms with Crippen LogP contribution in [-0.2, 0) is 4.79 Å². The lowest BCUT2D eigenvalue weighted by molar-refractivity contribution is -0.122. The smallest absolute Gasteiger partial charge is 0.234 e. The van der Waals surface area contributed by atoms with Crippen LogP contribution in [0.4, 0.5) is 0 Å². The monoisotopic (exact) mass is 217 g/mol. The Morgan fingerprint density at radius 1 is 1.57 bits per heavy atom. The van der Waals surface area contributed by atoms with E-state index in [0.29, 0.717) is 18.1 Å². The fraction of sp³-hybridized carbons (Fsp3) is 0.778. The predicted octanol–water partition coefficient (Wildman–Crippen LogP) is 0.119. The molecule has 3 N–H and O–H groups in total. The highest BCUT2D eigenvalue weighted by Gasteiger charge is 2.17. The zero-order valence-corrected chi connectivity index (χ0v) is 9.86. The summed E-state index contributed by atoms with van der Waals surface area (Å²) in [6.07, 6.45) is 0.825. The maximum Gasteiger partial charge on any atom is 0.234 e. The van der Waals surface area contributed by atoms with Gasteiger partial charge < -0.3 is 11.1 Å². The Bertz CT molecular complexity index is 208. The number of nitrogens with zero attached hydrogens (tertiary/aromatic N) is 1. The fourth-order valence-corrected chi connectivity index (χ4v) is 1.67. The number of carbonyl (C=O) groups is 1. The van der Waals surface area contributed by atoms with Crippen molar-refractivity contribution in [2.75, 3.05) is 20.1 Å². The van der Waals surface area contributed by atoms with Crippen LogP contribution >= 0.6 is 12.2 Å². The molecule has 0 aromatic carbocycles.